The van der Waals surface area contributed by atoms with Gasteiger partial charge in [0.1, 0.15) is 5.54 Å². The van der Waals surface area contributed by atoms with Crippen LogP contribution in [-0.2, 0) is 16.1 Å². The van der Waals surface area contributed by atoms with Crippen LogP contribution in [0.5, 0.6) is 0 Å². The third-order valence-electron chi connectivity index (χ3n) is 7.76. The topological polar surface area (TPSA) is 61.9 Å². The van der Waals surface area contributed by atoms with Gasteiger partial charge < -0.3 is 10.1 Å². The summed E-state index contributed by atoms with van der Waals surface area (Å²) in [6.07, 6.45) is 5.34. The lowest BCUT2D eigenvalue weighted by Gasteiger charge is -2.41. The van der Waals surface area contributed by atoms with Crippen molar-refractivity contribution in [1.29, 1.82) is 0 Å². The minimum absolute atomic E-state index is 0.0130. The van der Waals surface area contributed by atoms with Gasteiger partial charge in [0.05, 0.1) is 12.6 Å². The second kappa shape index (κ2) is 9.43. The van der Waals surface area contributed by atoms with Gasteiger partial charge in [0.25, 0.3) is 5.91 Å². The van der Waals surface area contributed by atoms with Gasteiger partial charge in [-0.25, -0.2) is 4.79 Å². The molecule has 6 nitrogen and oxygen atoms in total. The number of nitrogens with zero attached hydrogens (tertiary/aromatic N) is 2. The molecule has 0 unspecified atom stereocenters. The van der Waals surface area contributed by atoms with Crippen LogP contribution in [0.15, 0.2) is 42.5 Å². The number of likely N-dealkylation sites (tertiary alicyclic amines) is 1. The number of fused-ring (bicyclic) bond motifs is 1. The van der Waals surface area contributed by atoms with Crippen LogP contribution >= 0.6 is 0 Å². The lowest BCUT2D eigenvalue weighted by Crippen LogP contribution is -2.56. The van der Waals surface area contributed by atoms with Crippen molar-refractivity contribution in [3.05, 3.63) is 48.0 Å². The van der Waals surface area contributed by atoms with Crippen molar-refractivity contribution in [3.8, 4) is 0 Å². The monoisotopic (exact) mass is 449 g/mol. The molecule has 5 rings (SSSR count). The summed E-state index contributed by atoms with van der Waals surface area (Å²) in [4.78, 5) is 30.3. The van der Waals surface area contributed by atoms with E-state index in [0.717, 1.165) is 58.3 Å². The van der Waals surface area contributed by atoms with Gasteiger partial charge in [-0.2, -0.15) is 0 Å². The summed E-state index contributed by atoms with van der Waals surface area (Å²) in [5, 5.41) is 5.70. The molecule has 3 saturated heterocycles. The van der Waals surface area contributed by atoms with E-state index < -0.39 is 5.54 Å². The van der Waals surface area contributed by atoms with Gasteiger partial charge in [-0.15, -0.1) is 0 Å². The number of rotatable bonds is 7. The summed E-state index contributed by atoms with van der Waals surface area (Å²) in [6, 6.07) is 14.9. The van der Waals surface area contributed by atoms with Gasteiger partial charge in [0, 0.05) is 13.2 Å². The highest BCUT2D eigenvalue weighted by atomic mass is 16.5. The number of hydrogen-bond donors (Lipinski definition) is 1. The molecule has 3 aliphatic rings. The summed E-state index contributed by atoms with van der Waals surface area (Å²) in [5.74, 6) is 0.147. The van der Waals surface area contributed by atoms with Crippen LogP contribution in [0.4, 0.5) is 4.79 Å². The zero-order valence-electron chi connectivity index (χ0n) is 19.6. The van der Waals surface area contributed by atoms with E-state index in [1.807, 2.05) is 0 Å². The molecule has 6 heteroatoms. The van der Waals surface area contributed by atoms with E-state index in [4.69, 9.17) is 4.74 Å². The van der Waals surface area contributed by atoms with Crippen molar-refractivity contribution in [2.45, 2.75) is 63.6 Å². The second-order valence-corrected chi connectivity index (χ2v) is 9.93. The van der Waals surface area contributed by atoms with Crippen LogP contribution in [0, 0.1) is 5.92 Å². The van der Waals surface area contributed by atoms with E-state index in [9.17, 15) is 9.59 Å². The van der Waals surface area contributed by atoms with Crippen molar-refractivity contribution >= 4 is 22.7 Å². The molecule has 33 heavy (non-hydrogen) atoms. The minimum atomic E-state index is -0.751. The van der Waals surface area contributed by atoms with Crippen LogP contribution in [-0.4, -0.2) is 59.6 Å². The number of ether oxygens (including phenoxy) is 1. The van der Waals surface area contributed by atoms with Crippen molar-refractivity contribution in [3.63, 3.8) is 0 Å². The van der Waals surface area contributed by atoms with E-state index in [1.165, 1.54) is 21.2 Å². The predicted octanol–water partition coefficient (Wildman–Crippen LogP) is 4.32. The molecule has 0 aromatic heterocycles. The molecule has 1 N–H and O–H groups in total. The molecule has 2 aromatic rings. The zero-order valence-corrected chi connectivity index (χ0v) is 19.6. The molecule has 3 aliphatic heterocycles. The van der Waals surface area contributed by atoms with Crippen molar-refractivity contribution in [1.82, 2.24) is 15.1 Å². The van der Waals surface area contributed by atoms with Crippen LogP contribution in [0.2, 0.25) is 0 Å². The average Bonchev–Trinajstić information content (AvgIpc) is 3.43. The van der Waals surface area contributed by atoms with Gasteiger partial charge in [0.2, 0.25) is 0 Å². The maximum absolute atomic E-state index is 13.6. The Bertz CT molecular complexity index is 1010. The normalized spacial score (nSPS) is 26.9. The molecule has 3 amide bonds. The van der Waals surface area contributed by atoms with Crippen molar-refractivity contribution < 1.29 is 14.3 Å². The first-order valence-electron chi connectivity index (χ1n) is 12.5. The Morgan fingerprint density at radius 1 is 1.06 bits per heavy atom. The number of imide groups is 1. The Labute approximate surface area is 196 Å². The van der Waals surface area contributed by atoms with E-state index in [-0.39, 0.29) is 24.0 Å². The summed E-state index contributed by atoms with van der Waals surface area (Å²) in [6.45, 7) is 6.01. The maximum Gasteiger partial charge on any atom is 0.325 e. The SMILES string of the molecule is CCC[C@@]1(C2CCN(Cc3ccc4ccccc4c3)CC2)NC(=O)N(C[C@H]2CCCO2)C1=O. The largest absolute Gasteiger partial charge is 0.376 e. The Morgan fingerprint density at radius 3 is 2.58 bits per heavy atom. The first kappa shape index (κ1) is 22.4. The predicted molar refractivity (Wildman–Crippen MR) is 129 cm³/mol. The van der Waals surface area contributed by atoms with Crippen LogP contribution in [0.25, 0.3) is 10.8 Å². The molecule has 0 radical (unpaired) electrons. The van der Waals surface area contributed by atoms with Crippen molar-refractivity contribution in [2.75, 3.05) is 26.2 Å². The Morgan fingerprint density at radius 2 is 1.85 bits per heavy atom. The lowest BCUT2D eigenvalue weighted by atomic mass is 9.74. The molecule has 0 saturated carbocycles. The molecule has 3 heterocycles. The number of carbonyl (C=O) groups is 2. The van der Waals surface area contributed by atoms with Gasteiger partial charge in [-0.05, 0) is 73.5 Å². The fourth-order valence-corrected chi connectivity index (χ4v) is 6.03. The fraction of sp³-hybridized carbons (Fsp3) is 0.556. The molecule has 2 atom stereocenters. The van der Waals surface area contributed by atoms with Crippen LogP contribution in [0.1, 0.15) is 51.0 Å². The molecule has 0 spiro atoms. The third kappa shape index (κ3) is 4.38. The minimum Gasteiger partial charge on any atom is -0.376 e. The lowest BCUT2D eigenvalue weighted by molar-refractivity contribution is -0.135. The first-order valence-corrected chi connectivity index (χ1v) is 12.5. The molecule has 176 valence electrons. The van der Waals surface area contributed by atoms with E-state index in [1.54, 1.807) is 0 Å². The number of benzene rings is 2. The van der Waals surface area contributed by atoms with Crippen LogP contribution in [0.3, 0.4) is 0 Å². The molecular formula is C27H35N3O3. The Hall–Kier alpha value is -2.44. The summed E-state index contributed by atoms with van der Waals surface area (Å²) in [7, 11) is 0. The average molecular weight is 450 g/mol. The molecule has 0 aliphatic carbocycles. The summed E-state index contributed by atoms with van der Waals surface area (Å²) >= 11 is 0. The highest BCUT2D eigenvalue weighted by Gasteiger charge is 2.55. The zero-order chi connectivity index (χ0) is 22.8. The van der Waals surface area contributed by atoms with Gasteiger partial charge in [-0.1, -0.05) is 49.7 Å². The second-order valence-electron chi connectivity index (χ2n) is 9.93. The van der Waals surface area contributed by atoms with E-state index in [0.29, 0.717) is 13.0 Å². The number of amides is 3. The number of carbonyl (C=O) groups excluding carboxylic acids is 2. The number of urea groups is 1. The van der Waals surface area contributed by atoms with E-state index >= 15 is 0 Å². The molecule has 2 aromatic carbocycles. The number of nitrogens with one attached hydrogen (secondary N) is 1. The standard InChI is InChI=1S/C27H35N3O3/c1-2-13-27(25(31)30(26(32)28-27)19-24-8-5-16-33-24)23-11-14-29(15-12-23)18-20-9-10-21-6-3-4-7-22(21)17-20/h3-4,6-7,9-10,17,23-24H,2,5,8,11-16,18-19H2,1H3,(H,28,32)/t24-,27+/m1/s1. The van der Waals surface area contributed by atoms with Crippen LogP contribution < -0.4 is 5.32 Å². The summed E-state index contributed by atoms with van der Waals surface area (Å²) in [5.41, 5.74) is 0.572. The number of hydrogen-bond acceptors (Lipinski definition) is 4. The fourth-order valence-electron chi connectivity index (χ4n) is 6.03. The van der Waals surface area contributed by atoms with Crippen molar-refractivity contribution in [2.24, 2.45) is 5.92 Å². The Kier molecular flexibility index (Phi) is 6.39. The van der Waals surface area contributed by atoms with Gasteiger partial charge >= 0.3 is 6.03 Å². The highest BCUT2D eigenvalue weighted by molar-refractivity contribution is 6.07. The maximum atomic E-state index is 13.6. The van der Waals surface area contributed by atoms with Gasteiger partial charge in [-0.3, -0.25) is 14.6 Å². The Balaban J connectivity index is 1.24. The highest BCUT2D eigenvalue weighted by Crippen LogP contribution is 2.38. The first-order chi connectivity index (χ1) is 16.1. The quantitative estimate of drug-likeness (QED) is 0.640. The molecular weight excluding hydrogens is 414 g/mol. The summed E-state index contributed by atoms with van der Waals surface area (Å²) < 4.78 is 5.70. The van der Waals surface area contributed by atoms with E-state index in [2.05, 4.69) is 59.6 Å². The van der Waals surface area contributed by atoms with Gasteiger partial charge in [0.15, 0.2) is 0 Å². The number of piperidine rings is 1. The molecule has 3 fully saturated rings. The smallest absolute Gasteiger partial charge is 0.325 e. The molecule has 0 bridgehead atoms. The third-order valence-corrected chi connectivity index (χ3v) is 7.76.